The molecule has 0 aliphatic rings. The molecule has 0 aromatic carbocycles. The summed E-state index contributed by atoms with van der Waals surface area (Å²) in [6.45, 7) is 8.04. The Hall–Kier alpha value is -1.98. The number of carbonyl (C=O) groups is 6. The van der Waals surface area contributed by atoms with Crippen LogP contribution in [-0.2, 0) is 28.8 Å². The summed E-state index contributed by atoms with van der Waals surface area (Å²) in [4.78, 5) is 60.3. The van der Waals surface area contributed by atoms with E-state index < -0.39 is 24.8 Å². The molecule has 26 heavy (non-hydrogen) atoms. The van der Waals surface area contributed by atoms with Gasteiger partial charge in [-0.25, -0.2) is 0 Å². The van der Waals surface area contributed by atoms with E-state index >= 15 is 0 Å². The van der Waals surface area contributed by atoms with E-state index in [9.17, 15) is 39.0 Å². The van der Waals surface area contributed by atoms with Gasteiger partial charge in [0.2, 0.25) is 0 Å². The van der Waals surface area contributed by atoms with E-state index in [1.807, 2.05) is 13.8 Å². The molecular formula is C17H25AlO8. The molecule has 0 radical (unpaired) electrons. The van der Waals surface area contributed by atoms with Crippen molar-refractivity contribution in [3.05, 3.63) is 6.92 Å². The summed E-state index contributed by atoms with van der Waals surface area (Å²) in [5.41, 5.74) is 0. The van der Waals surface area contributed by atoms with Gasteiger partial charge >= 0.3 is 17.4 Å². The van der Waals surface area contributed by atoms with Crippen molar-refractivity contribution < 1.29 is 39.0 Å². The van der Waals surface area contributed by atoms with Crippen molar-refractivity contribution in [1.29, 1.82) is 0 Å². The molecule has 8 nitrogen and oxygen atoms in total. The molecular weight excluding hydrogens is 359 g/mol. The monoisotopic (exact) mass is 384 g/mol. The Morgan fingerprint density at radius 3 is 1.15 bits per heavy atom. The molecule has 0 atom stereocenters. The van der Waals surface area contributed by atoms with Crippen LogP contribution in [0.25, 0.3) is 0 Å². The smallest absolute Gasteiger partial charge is 0.550 e. The summed E-state index contributed by atoms with van der Waals surface area (Å²) in [6.07, 6.45) is 1.18. The van der Waals surface area contributed by atoms with Crippen LogP contribution < -0.4 is 10.2 Å². The van der Waals surface area contributed by atoms with Crippen molar-refractivity contribution in [2.24, 2.45) is 0 Å². The van der Waals surface area contributed by atoms with Gasteiger partial charge in [0.05, 0.1) is 0 Å². The topological polar surface area (TPSA) is 149 Å². The predicted molar refractivity (Wildman–Crippen MR) is 90.5 cm³/mol. The van der Waals surface area contributed by atoms with E-state index in [1.165, 1.54) is 6.92 Å². The first-order chi connectivity index (χ1) is 11.5. The molecule has 0 aromatic rings. The minimum Gasteiger partial charge on any atom is -0.550 e. The number of aliphatic carboxylic acids is 2. The second-order valence-electron chi connectivity index (χ2n) is 5.09. The van der Waals surface area contributed by atoms with E-state index in [0.29, 0.717) is 25.7 Å². The van der Waals surface area contributed by atoms with Crippen molar-refractivity contribution in [3.63, 3.8) is 0 Å². The molecule has 0 aliphatic heterocycles. The molecule has 0 rings (SSSR count). The van der Waals surface area contributed by atoms with Gasteiger partial charge in [0.25, 0.3) is 0 Å². The van der Waals surface area contributed by atoms with E-state index in [0.717, 1.165) is 0 Å². The number of carboxylic acids is 2. The van der Waals surface area contributed by atoms with Gasteiger partial charge in [0, 0.05) is 49.8 Å². The number of hydrogen-bond donors (Lipinski definition) is 0. The number of Topliss-reactive ketones (excluding diaryl/α,β-unsaturated/α-hetero) is 4. The third kappa shape index (κ3) is 37.9. The maximum Gasteiger partial charge on any atom is 3.00 e. The zero-order valence-corrected chi connectivity index (χ0v) is 16.7. The van der Waals surface area contributed by atoms with Crippen LogP contribution in [0.1, 0.15) is 65.7 Å². The van der Waals surface area contributed by atoms with Gasteiger partial charge in [-0.1, -0.05) is 13.8 Å². The largest absolute Gasteiger partial charge is 3.00 e. The molecule has 0 aliphatic carbocycles. The molecule has 0 saturated heterocycles. The Bertz CT molecular complexity index is 429. The molecule has 9 heteroatoms. The summed E-state index contributed by atoms with van der Waals surface area (Å²) in [6, 6.07) is 0. The van der Waals surface area contributed by atoms with Crippen LogP contribution in [0.2, 0.25) is 0 Å². The minimum atomic E-state index is -1.28. The Balaban J connectivity index is -0.000000138. The molecule has 0 fully saturated rings. The van der Waals surface area contributed by atoms with Gasteiger partial charge in [-0.3, -0.25) is 14.4 Å². The average molecular weight is 384 g/mol. The van der Waals surface area contributed by atoms with Crippen LogP contribution in [0.15, 0.2) is 0 Å². The summed E-state index contributed by atoms with van der Waals surface area (Å²) in [7, 11) is 0. The van der Waals surface area contributed by atoms with Gasteiger partial charge in [-0.15, -0.1) is 0 Å². The number of hydrogen-bond acceptors (Lipinski definition) is 8. The number of rotatable bonds is 10. The van der Waals surface area contributed by atoms with Crippen molar-refractivity contribution in [3.8, 4) is 0 Å². The van der Waals surface area contributed by atoms with Gasteiger partial charge in [-0.05, 0) is 19.8 Å². The fraction of sp³-hybridized carbons (Fsp3) is 0.588. The van der Waals surface area contributed by atoms with Crippen LogP contribution in [-0.4, -0.2) is 52.4 Å². The van der Waals surface area contributed by atoms with Crippen LogP contribution in [0.4, 0.5) is 0 Å². The van der Waals surface area contributed by atoms with Crippen LogP contribution in [0.5, 0.6) is 0 Å². The van der Waals surface area contributed by atoms with E-state index in [1.54, 1.807) is 0 Å². The molecule has 0 saturated carbocycles. The van der Waals surface area contributed by atoms with Crippen LogP contribution in [0, 0.1) is 6.92 Å². The van der Waals surface area contributed by atoms with Gasteiger partial charge in [0.1, 0.15) is 17.3 Å². The van der Waals surface area contributed by atoms with Gasteiger partial charge in [0.15, 0.2) is 0 Å². The van der Waals surface area contributed by atoms with Crippen LogP contribution in [0.3, 0.4) is 0 Å². The van der Waals surface area contributed by atoms with E-state index in [-0.39, 0.29) is 46.9 Å². The van der Waals surface area contributed by atoms with Gasteiger partial charge < -0.3 is 31.5 Å². The average Bonchev–Trinajstić information content (AvgIpc) is 2.36. The number of carbonyl (C=O) groups excluding carboxylic acids is 6. The standard InChI is InChI=1S/2C6H10O3.C5H7O2.Al/c2*1-2-3-5(7)4-6(8)9;1-4(6)3-5(2)7;/h2*2-4H2,1H3,(H,8,9);1,3H2,2H3;/q;;-1;+3/p-2. The predicted octanol–water partition coefficient (Wildman–Crippen LogP) is -1.02. The molecule has 0 N–H and O–H groups in total. The zero-order chi connectivity index (χ0) is 20.4. The number of ketones is 4. The Morgan fingerprint density at radius 2 is 1.04 bits per heavy atom. The quantitative estimate of drug-likeness (QED) is 0.264. The first-order valence-corrected chi connectivity index (χ1v) is 7.73. The van der Waals surface area contributed by atoms with Crippen molar-refractivity contribution in [2.75, 3.05) is 0 Å². The molecule has 144 valence electrons. The fourth-order valence-electron chi connectivity index (χ4n) is 1.33. The Morgan fingerprint density at radius 1 is 0.731 bits per heavy atom. The maximum atomic E-state index is 10.4. The summed E-state index contributed by atoms with van der Waals surface area (Å²) < 4.78 is 0. The van der Waals surface area contributed by atoms with E-state index in [2.05, 4.69) is 6.92 Å². The Kier molecular flexibility index (Phi) is 25.7. The van der Waals surface area contributed by atoms with Crippen LogP contribution >= 0.6 is 0 Å². The second kappa shape index (κ2) is 21.1. The molecule has 0 bridgehead atoms. The minimum absolute atomic E-state index is 0. The number of carboxylic acid groups (broad SMARTS) is 2. The SMILES string of the molecule is CCCC(=O)CC(=O)[O-].CCCC(=O)CC(=O)[O-].[Al+3].[CH2-]C(=O)CC(C)=O. The van der Waals surface area contributed by atoms with Crippen molar-refractivity contribution in [1.82, 2.24) is 0 Å². The summed E-state index contributed by atoms with van der Waals surface area (Å²) in [5.74, 6) is -3.51. The maximum absolute atomic E-state index is 10.4. The third-order valence-electron chi connectivity index (χ3n) is 2.19. The van der Waals surface area contributed by atoms with Crippen molar-refractivity contribution in [2.45, 2.75) is 65.7 Å². The normalized spacial score (nSPS) is 8.42. The first kappa shape index (κ1) is 31.8. The molecule has 0 unspecified atom stereocenters. The second-order valence-corrected chi connectivity index (χ2v) is 5.09. The first-order valence-electron chi connectivity index (χ1n) is 7.73. The fourth-order valence-corrected chi connectivity index (χ4v) is 1.33. The molecule has 0 amide bonds. The van der Waals surface area contributed by atoms with Crippen molar-refractivity contribution >= 4 is 52.4 Å². The summed E-state index contributed by atoms with van der Waals surface area (Å²) >= 11 is 0. The summed E-state index contributed by atoms with van der Waals surface area (Å²) in [5, 5.41) is 19.5. The molecule has 0 heterocycles. The zero-order valence-electron chi connectivity index (χ0n) is 15.5. The van der Waals surface area contributed by atoms with E-state index in [4.69, 9.17) is 0 Å². The Labute approximate surface area is 164 Å². The third-order valence-corrected chi connectivity index (χ3v) is 2.19. The molecule has 0 spiro atoms. The molecule has 0 aromatic heterocycles. The van der Waals surface area contributed by atoms with Gasteiger partial charge in [-0.2, -0.15) is 0 Å².